The average molecular weight is 1130 g/mol. The number of amides is 7. The van der Waals surface area contributed by atoms with Crippen LogP contribution in [-0.4, -0.2) is 130 Å². The predicted octanol–water partition coefficient (Wildman–Crippen LogP) is 1.31. The fourth-order valence-corrected chi connectivity index (χ4v) is 9.92. The van der Waals surface area contributed by atoms with E-state index in [1.54, 1.807) is 56.3 Å². The van der Waals surface area contributed by atoms with Crippen LogP contribution >= 0.6 is 56.9 Å². The van der Waals surface area contributed by atoms with Crippen molar-refractivity contribution >= 4 is 104 Å². The van der Waals surface area contributed by atoms with Crippen LogP contribution in [0.3, 0.4) is 0 Å². The van der Waals surface area contributed by atoms with Crippen molar-refractivity contribution in [2.24, 2.45) is 11.7 Å². The maximum atomic E-state index is 14.4. The minimum atomic E-state index is -1.38. The number of carboxylic acid groups (broad SMARTS) is 1. The number of aliphatic carboxylic acids is 1. The number of carbonyl (C=O) groups is 8. The van der Waals surface area contributed by atoms with Crippen LogP contribution in [0.15, 0.2) is 42.5 Å². The van der Waals surface area contributed by atoms with E-state index in [-0.39, 0.29) is 43.8 Å². The normalized spacial score (nSPS) is 18.2. The lowest BCUT2D eigenvalue weighted by molar-refractivity contribution is -0.142. The second kappa shape index (κ2) is 25.5. The van der Waals surface area contributed by atoms with Gasteiger partial charge < -0.3 is 52.7 Å². The summed E-state index contributed by atoms with van der Waals surface area (Å²) in [6.45, 7) is 4.41. The Bertz CT molecular complexity index is 1980. The molecule has 2 aromatic rings. The van der Waals surface area contributed by atoms with E-state index in [0.29, 0.717) is 56.4 Å². The zero-order valence-corrected chi connectivity index (χ0v) is 41.1. The van der Waals surface area contributed by atoms with Crippen LogP contribution < -0.4 is 37.6 Å². The number of rotatable bonds is 23. The van der Waals surface area contributed by atoms with Crippen molar-refractivity contribution in [2.45, 2.75) is 114 Å². The number of phenols is 1. The van der Waals surface area contributed by atoms with Gasteiger partial charge in [0.05, 0.1) is 13.2 Å². The number of carboxylic acids is 1. The molecular formula is C43H58I2N8O10S. The zero-order chi connectivity index (χ0) is 47.1. The Kier molecular flexibility index (Phi) is 20.8. The maximum Gasteiger partial charge on any atom is 0.326 e. The number of hydrogen-bond acceptors (Lipinski definition) is 11. The molecule has 2 aliphatic heterocycles. The number of benzene rings is 2. The number of hydrogen-bond donors (Lipinski definition) is 9. The van der Waals surface area contributed by atoms with Crippen molar-refractivity contribution in [2.75, 3.05) is 25.1 Å². The molecule has 2 aromatic carbocycles. The highest BCUT2D eigenvalue weighted by molar-refractivity contribution is 14.1. The summed E-state index contributed by atoms with van der Waals surface area (Å²) in [5, 5.41) is 37.0. The first-order chi connectivity index (χ1) is 30.4. The Morgan fingerprint density at radius 3 is 1.97 bits per heavy atom. The van der Waals surface area contributed by atoms with Crippen LogP contribution in [0.1, 0.15) is 69.9 Å². The van der Waals surface area contributed by atoms with E-state index in [0.717, 1.165) is 6.42 Å². The molecule has 350 valence electrons. The number of thioether (sulfide) groups is 1. The van der Waals surface area contributed by atoms with Crippen molar-refractivity contribution in [3.05, 3.63) is 60.7 Å². The number of nitrogens with zero attached hydrogens (tertiary/aromatic N) is 1. The molecule has 0 aromatic heterocycles. The smallest absolute Gasteiger partial charge is 0.326 e. The Morgan fingerprint density at radius 2 is 1.39 bits per heavy atom. The van der Waals surface area contributed by atoms with Gasteiger partial charge in [-0.2, -0.15) is 11.8 Å². The van der Waals surface area contributed by atoms with E-state index in [1.807, 2.05) is 51.4 Å². The Balaban J connectivity index is 1.57. The van der Waals surface area contributed by atoms with Gasteiger partial charge in [-0.1, -0.05) is 44.2 Å². The highest BCUT2D eigenvalue weighted by Crippen LogP contribution is 2.28. The van der Waals surface area contributed by atoms with Gasteiger partial charge in [-0.25, -0.2) is 4.79 Å². The van der Waals surface area contributed by atoms with Gasteiger partial charge in [0.2, 0.25) is 41.4 Å². The number of primary amides is 1. The summed E-state index contributed by atoms with van der Waals surface area (Å²) in [4.78, 5) is 109. The third kappa shape index (κ3) is 15.5. The molecular weight excluding hydrogens is 1070 g/mol. The second-order valence-corrected chi connectivity index (χ2v) is 19.6. The van der Waals surface area contributed by atoms with Gasteiger partial charge in [0, 0.05) is 25.8 Å². The molecule has 0 saturated carbocycles. The van der Waals surface area contributed by atoms with Gasteiger partial charge >= 0.3 is 5.97 Å². The summed E-state index contributed by atoms with van der Waals surface area (Å²) >= 11 is 5.29. The summed E-state index contributed by atoms with van der Waals surface area (Å²) in [6.07, 6.45) is 3.74. The van der Waals surface area contributed by atoms with Gasteiger partial charge in [-0.05, 0) is 131 Å². The van der Waals surface area contributed by atoms with Crippen molar-refractivity contribution in [1.29, 1.82) is 0 Å². The number of halogens is 2. The molecule has 0 bridgehead atoms. The second-order valence-electron chi connectivity index (χ2n) is 16.2. The molecule has 2 heterocycles. The Hall–Kier alpha value is -4.23. The van der Waals surface area contributed by atoms with Crippen LogP contribution in [0.2, 0.25) is 0 Å². The molecule has 4 rings (SSSR count). The molecule has 2 saturated heterocycles. The zero-order valence-electron chi connectivity index (χ0n) is 36.0. The maximum absolute atomic E-state index is 14.4. The summed E-state index contributed by atoms with van der Waals surface area (Å²) in [5.74, 6) is -5.93. The van der Waals surface area contributed by atoms with E-state index in [4.69, 9.17) is 5.73 Å². The standard InChI is InChI=1S/C43H58I2N8O10S/c1-23(2)35(41(60)49-29(15-18-64-3)38(57)51-32(43(62)63)21-24-9-5-4-6-10-24)52-39(58)31(22-25-19-26(44)36(55)27(45)20-25)50-37(56)28(13-14-34(46)54)48-40(59)33-12-8-17-53(33)42(61)30-11-7-16-47-30/h4-6,9-10,19-20,23,28-33,35,47,55H,7-8,11-18,21-22H2,1-3H3,(H2,46,54)(H,48,59)(H,49,60)(H,50,56)(H,51,57)(H,52,58)(H,62,63)/t28-,29-,30-,31-,32-,33-,35-/m0/s1. The summed E-state index contributed by atoms with van der Waals surface area (Å²) < 4.78 is 0.950. The monoisotopic (exact) mass is 1130 g/mol. The Labute approximate surface area is 404 Å². The van der Waals surface area contributed by atoms with Crippen molar-refractivity contribution < 1.29 is 48.6 Å². The number of aromatic hydroxyl groups is 1. The van der Waals surface area contributed by atoms with Crippen LogP contribution in [0.5, 0.6) is 5.75 Å². The Morgan fingerprint density at radius 1 is 0.797 bits per heavy atom. The average Bonchev–Trinajstić information content (AvgIpc) is 3.98. The third-order valence-corrected chi connectivity index (χ3v) is 13.3. The lowest BCUT2D eigenvalue weighted by atomic mass is 9.99. The SMILES string of the molecule is CSCC[C@H](NC(=O)[C@@H](NC(=O)[C@H](Cc1cc(I)c(O)c(I)c1)NC(=O)[C@H](CCC(N)=O)NC(=O)[C@@H]1CCCN1C(=O)[C@@H]1CCCN1)C(C)C)C(=O)N[C@@H](Cc1ccccc1)C(=O)O. The van der Waals surface area contributed by atoms with E-state index in [2.05, 4.69) is 31.9 Å². The molecule has 21 heteroatoms. The van der Waals surface area contributed by atoms with Crippen molar-refractivity contribution in [1.82, 2.24) is 36.8 Å². The van der Waals surface area contributed by atoms with Crippen LogP contribution in [0.4, 0.5) is 0 Å². The first-order valence-corrected chi connectivity index (χ1v) is 24.7. The van der Waals surface area contributed by atoms with Crippen molar-refractivity contribution in [3.63, 3.8) is 0 Å². The number of carbonyl (C=O) groups excluding carboxylic acids is 7. The fourth-order valence-electron chi connectivity index (χ4n) is 7.55. The number of likely N-dealkylation sites (tertiary alicyclic amines) is 1. The van der Waals surface area contributed by atoms with Gasteiger partial charge in [0.25, 0.3) is 0 Å². The molecule has 0 spiro atoms. The molecule has 7 atom stereocenters. The number of nitrogens with one attached hydrogen (secondary N) is 6. The third-order valence-electron chi connectivity index (χ3n) is 11.0. The molecule has 10 N–H and O–H groups in total. The topological polar surface area (TPSA) is 278 Å². The van der Waals surface area contributed by atoms with Gasteiger partial charge in [-0.3, -0.25) is 33.6 Å². The van der Waals surface area contributed by atoms with Crippen LogP contribution in [-0.2, 0) is 51.2 Å². The molecule has 0 radical (unpaired) electrons. The van der Waals surface area contributed by atoms with E-state index < -0.39 is 89.6 Å². The predicted molar refractivity (Wildman–Crippen MR) is 257 cm³/mol. The summed E-state index contributed by atoms with van der Waals surface area (Å²) in [6, 6.07) is 4.34. The molecule has 0 aliphatic carbocycles. The van der Waals surface area contributed by atoms with Crippen LogP contribution in [0, 0.1) is 13.1 Å². The minimum Gasteiger partial charge on any atom is -0.506 e. The van der Waals surface area contributed by atoms with E-state index in [1.165, 1.54) is 16.7 Å². The van der Waals surface area contributed by atoms with Crippen molar-refractivity contribution in [3.8, 4) is 5.75 Å². The molecule has 64 heavy (non-hydrogen) atoms. The molecule has 7 amide bonds. The first kappa shape index (κ1) is 52.4. The quantitative estimate of drug-likeness (QED) is 0.0713. The fraction of sp³-hybridized carbons (Fsp3) is 0.535. The first-order valence-electron chi connectivity index (χ1n) is 21.2. The van der Waals surface area contributed by atoms with Gasteiger partial charge in [-0.15, -0.1) is 0 Å². The lowest BCUT2D eigenvalue weighted by Crippen LogP contribution is -2.61. The highest BCUT2D eigenvalue weighted by atomic mass is 127. The minimum absolute atomic E-state index is 0.00588. The largest absolute Gasteiger partial charge is 0.506 e. The number of phenolic OH excluding ortho intramolecular Hbond substituents is 1. The highest BCUT2D eigenvalue weighted by Gasteiger charge is 2.40. The number of nitrogens with two attached hydrogens (primary N) is 1. The van der Waals surface area contributed by atoms with Gasteiger partial charge in [0.15, 0.2) is 0 Å². The molecule has 2 fully saturated rings. The van der Waals surface area contributed by atoms with Crippen LogP contribution in [0.25, 0.3) is 0 Å². The molecule has 2 aliphatic rings. The molecule has 0 unspecified atom stereocenters. The summed E-state index contributed by atoms with van der Waals surface area (Å²) in [7, 11) is 0. The van der Waals surface area contributed by atoms with E-state index in [9.17, 15) is 48.6 Å². The van der Waals surface area contributed by atoms with E-state index >= 15 is 0 Å². The summed E-state index contributed by atoms with van der Waals surface area (Å²) in [5.41, 5.74) is 6.68. The van der Waals surface area contributed by atoms with Gasteiger partial charge in [0.1, 0.15) is 42.0 Å². The lowest BCUT2D eigenvalue weighted by Gasteiger charge is -2.30. The molecule has 18 nitrogen and oxygen atoms in total.